The first-order valence-corrected chi connectivity index (χ1v) is 12.0. The Morgan fingerprint density at radius 3 is 2.37 bits per heavy atom. The molecule has 0 N–H and O–H groups in total. The molecular weight excluding hydrogens is 420 g/mol. The van der Waals surface area contributed by atoms with Gasteiger partial charge in [-0.25, -0.2) is 8.42 Å². The van der Waals surface area contributed by atoms with E-state index in [2.05, 4.69) is 6.58 Å². The Bertz CT molecular complexity index is 999. The number of nitrogens with zero attached hydrogens (tertiary/aromatic N) is 2. The van der Waals surface area contributed by atoms with Gasteiger partial charge in [0.2, 0.25) is 0 Å². The molecule has 2 aromatic rings. The monoisotopic (exact) mass is 446 g/mol. The summed E-state index contributed by atoms with van der Waals surface area (Å²) < 4.78 is 28.1. The lowest BCUT2D eigenvalue weighted by Crippen LogP contribution is -2.34. The quantitative estimate of drug-likeness (QED) is 0.578. The first kappa shape index (κ1) is 22.4. The number of carbonyl (C=O) groups excluding carboxylic acids is 1. The van der Waals surface area contributed by atoms with Crippen LogP contribution in [-0.2, 0) is 10.0 Å². The van der Waals surface area contributed by atoms with Crippen molar-refractivity contribution in [2.45, 2.75) is 37.0 Å². The van der Waals surface area contributed by atoms with Crippen LogP contribution in [0.15, 0.2) is 66.1 Å². The summed E-state index contributed by atoms with van der Waals surface area (Å²) in [4.78, 5) is 14.9. The fourth-order valence-corrected chi connectivity index (χ4v) is 5.44. The smallest absolute Gasteiger partial charge is 0.264 e. The molecule has 1 heterocycles. The molecule has 0 saturated carbocycles. The van der Waals surface area contributed by atoms with E-state index in [1.165, 1.54) is 28.9 Å². The van der Waals surface area contributed by atoms with E-state index in [4.69, 9.17) is 11.6 Å². The predicted octanol–water partition coefficient (Wildman–Crippen LogP) is 5.13. The van der Waals surface area contributed by atoms with Crippen LogP contribution < -0.4 is 4.31 Å². The van der Waals surface area contributed by atoms with Gasteiger partial charge in [-0.2, -0.15) is 0 Å². The minimum atomic E-state index is -3.93. The van der Waals surface area contributed by atoms with Crippen LogP contribution in [0.1, 0.15) is 42.5 Å². The number of hydrogen-bond acceptors (Lipinski definition) is 3. The summed E-state index contributed by atoms with van der Waals surface area (Å²) in [5, 5.41) is 0.329. The second kappa shape index (κ2) is 10.1. The summed E-state index contributed by atoms with van der Waals surface area (Å²) in [6.07, 6.45) is 6.90. The van der Waals surface area contributed by atoms with E-state index in [9.17, 15) is 13.2 Å². The Morgan fingerprint density at radius 2 is 1.70 bits per heavy atom. The number of para-hydroxylation sites is 1. The van der Waals surface area contributed by atoms with Crippen LogP contribution in [0.3, 0.4) is 0 Å². The third kappa shape index (κ3) is 5.05. The normalized spacial score (nSPS) is 15.2. The Labute approximate surface area is 184 Å². The van der Waals surface area contributed by atoms with Crippen LogP contribution in [-0.4, -0.2) is 38.9 Å². The van der Waals surface area contributed by atoms with Crippen molar-refractivity contribution < 1.29 is 13.2 Å². The molecule has 3 rings (SSSR count). The molecule has 30 heavy (non-hydrogen) atoms. The summed E-state index contributed by atoms with van der Waals surface area (Å²) in [6.45, 7) is 5.15. The zero-order valence-electron chi connectivity index (χ0n) is 17.0. The molecule has 1 aliphatic rings. The lowest BCUT2D eigenvalue weighted by molar-refractivity contribution is 0.0742. The van der Waals surface area contributed by atoms with Crippen molar-refractivity contribution in [2.24, 2.45) is 0 Å². The largest absolute Gasteiger partial charge is 0.339 e. The van der Waals surface area contributed by atoms with E-state index in [0.717, 1.165) is 25.7 Å². The summed E-state index contributed by atoms with van der Waals surface area (Å²) >= 11 is 6.26. The third-order valence-corrected chi connectivity index (χ3v) is 7.32. The molecule has 160 valence electrons. The molecule has 1 saturated heterocycles. The van der Waals surface area contributed by atoms with Crippen LogP contribution in [0.25, 0.3) is 0 Å². The van der Waals surface area contributed by atoms with E-state index < -0.39 is 10.0 Å². The molecule has 0 spiro atoms. The summed E-state index contributed by atoms with van der Waals surface area (Å²) in [5.74, 6) is -0.123. The zero-order chi connectivity index (χ0) is 21.6. The molecule has 0 unspecified atom stereocenters. The van der Waals surface area contributed by atoms with E-state index in [1.54, 1.807) is 36.4 Å². The van der Waals surface area contributed by atoms with E-state index >= 15 is 0 Å². The number of halogens is 1. The van der Waals surface area contributed by atoms with Crippen LogP contribution in [0.5, 0.6) is 0 Å². The van der Waals surface area contributed by atoms with Gasteiger partial charge in [-0.1, -0.05) is 55.1 Å². The highest BCUT2D eigenvalue weighted by Crippen LogP contribution is 2.30. The average molecular weight is 447 g/mol. The zero-order valence-corrected chi connectivity index (χ0v) is 18.5. The molecule has 0 aromatic heterocycles. The number of amides is 1. The molecule has 0 aliphatic carbocycles. The van der Waals surface area contributed by atoms with Gasteiger partial charge in [-0.05, 0) is 43.2 Å². The maximum atomic E-state index is 13.4. The van der Waals surface area contributed by atoms with Crippen LogP contribution >= 0.6 is 11.6 Å². The van der Waals surface area contributed by atoms with Gasteiger partial charge in [0, 0.05) is 18.7 Å². The highest BCUT2D eigenvalue weighted by Gasteiger charge is 2.27. The van der Waals surface area contributed by atoms with Gasteiger partial charge in [0.25, 0.3) is 15.9 Å². The Balaban J connectivity index is 1.93. The van der Waals surface area contributed by atoms with E-state index in [0.29, 0.717) is 29.4 Å². The predicted molar refractivity (Wildman–Crippen MR) is 122 cm³/mol. The van der Waals surface area contributed by atoms with Crippen molar-refractivity contribution in [2.75, 3.05) is 23.9 Å². The number of sulfonamides is 1. The van der Waals surface area contributed by atoms with Gasteiger partial charge < -0.3 is 4.90 Å². The molecule has 1 amide bonds. The summed E-state index contributed by atoms with van der Waals surface area (Å²) in [5.41, 5.74) is 0.758. The number of carbonyl (C=O) groups is 1. The SMILES string of the molecule is C=CCN(c1ccccc1Cl)S(=O)(=O)c1cccc(C(=O)N2CCCCCCC2)c1. The van der Waals surface area contributed by atoms with Crippen molar-refractivity contribution >= 4 is 33.2 Å². The van der Waals surface area contributed by atoms with E-state index in [1.807, 2.05) is 4.90 Å². The van der Waals surface area contributed by atoms with Crippen LogP contribution in [0.4, 0.5) is 5.69 Å². The molecule has 0 bridgehead atoms. The minimum Gasteiger partial charge on any atom is -0.339 e. The third-order valence-electron chi connectivity index (χ3n) is 5.23. The maximum Gasteiger partial charge on any atom is 0.264 e. The molecule has 7 heteroatoms. The summed E-state index contributed by atoms with van der Waals surface area (Å²) in [7, 11) is -3.93. The summed E-state index contributed by atoms with van der Waals surface area (Å²) in [6, 6.07) is 13.0. The molecule has 1 aliphatic heterocycles. The molecule has 5 nitrogen and oxygen atoms in total. The number of rotatable bonds is 6. The molecular formula is C23H27ClN2O3S. The van der Waals surface area contributed by atoms with Gasteiger partial charge in [0.1, 0.15) is 0 Å². The molecule has 0 atom stereocenters. The Kier molecular flexibility index (Phi) is 7.56. The van der Waals surface area contributed by atoms with Gasteiger partial charge in [-0.15, -0.1) is 6.58 Å². The fraction of sp³-hybridized carbons (Fsp3) is 0.348. The van der Waals surface area contributed by atoms with Gasteiger partial charge in [0.05, 0.1) is 22.2 Å². The maximum absolute atomic E-state index is 13.4. The highest BCUT2D eigenvalue weighted by atomic mass is 35.5. The fourth-order valence-electron chi connectivity index (χ4n) is 3.65. The average Bonchev–Trinajstić information content (AvgIpc) is 2.72. The number of likely N-dealkylation sites (tertiary alicyclic amines) is 1. The van der Waals surface area contributed by atoms with Crippen LogP contribution in [0, 0.1) is 0 Å². The topological polar surface area (TPSA) is 57.7 Å². The second-order valence-electron chi connectivity index (χ2n) is 7.36. The second-order valence-corrected chi connectivity index (χ2v) is 9.63. The lowest BCUT2D eigenvalue weighted by atomic mass is 10.1. The van der Waals surface area contributed by atoms with Crippen molar-refractivity contribution in [3.63, 3.8) is 0 Å². The minimum absolute atomic E-state index is 0.0576. The van der Waals surface area contributed by atoms with Crippen molar-refractivity contribution in [1.82, 2.24) is 4.90 Å². The lowest BCUT2D eigenvalue weighted by Gasteiger charge is -2.26. The van der Waals surface area contributed by atoms with E-state index in [-0.39, 0.29) is 17.3 Å². The number of benzene rings is 2. The van der Waals surface area contributed by atoms with Crippen molar-refractivity contribution in [3.8, 4) is 0 Å². The highest BCUT2D eigenvalue weighted by molar-refractivity contribution is 7.92. The molecule has 2 aromatic carbocycles. The van der Waals surface area contributed by atoms with Gasteiger partial charge in [-0.3, -0.25) is 9.10 Å². The van der Waals surface area contributed by atoms with Crippen molar-refractivity contribution in [1.29, 1.82) is 0 Å². The van der Waals surface area contributed by atoms with Crippen LogP contribution in [0.2, 0.25) is 5.02 Å². The number of anilines is 1. The molecule has 0 radical (unpaired) electrons. The first-order valence-electron chi connectivity index (χ1n) is 10.2. The molecule has 1 fully saturated rings. The van der Waals surface area contributed by atoms with Crippen molar-refractivity contribution in [3.05, 3.63) is 71.8 Å². The Hall–Kier alpha value is -2.31. The first-order chi connectivity index (χ1) is 14.4. The number of hydrogen-bond donors (Lipinski definition) is 0. The van der Waals surface area contributed by atoms with Gasteiger partial charge >= 0.3 is 0 Å². The van der Waals surface area contributed by atoms with Gasteiger partial charge in [0.15, 0.2) is 0 Å². The standard InChI is InChI=1S/C23H27ClN2O3S/c1-2-15-26(22-14-7-6-13-21(22)24)30(28,29)20-12-10-11-19(18-20)23(27)25-16-8-4-3-5-9-17-25/h2,6-7,10-14,18H,1,3-5,8-9,15-17H2. The Morgan fingerprint density at radius 1 is 1.03 bits per heavy atom.